The molecule has 0 aliphatic rings. The highest BCUT2D eigenvalue weighted by atomic mass is 16.5. The maximum atomic E-state index is 6.03. The van der Waals surface area contributed by atoms with Crippen molar-refractivity contribution >= 4 is 12.4 Å². The van der Waals surface area contributed by atoms with E-state index in [-0.39, 0.29) is 10.8 Å². The number of hydrogen-bond acceptors (Lipinski definition) is 3. The van der Waals surface area contributed by atoms with E-state index in [9.17, 15) is 0 Å². The second-order valence-electron chi connectivity index (χ2n) is 10.4. The average Bonchev–Trinajstić information content (AvgIpc) is 2.81. The van der Waals surface area contributed by atoms with E-state index in [1.165, 1.54) is 28.0 Å². The third kappa shape index (κ3) is 7.57. The lowest BCUT2D eigenvalue weighted by Gasteiger charge is -2.34. The van der Waals surface area contributed by atoms with Gasteiger partial charge in [0.15, 0.2) is 0 Å². The highest BCUT2D eigenvalue weighted by Crippen LogP contribution is 2.40. The molecule has 3 nitrogen and oxygen atoms in total. The SMILES string of the molecule is C=NN(CCc1ccccc1COCC(C)(C)C)/C(=C(\C)C(C)(CC)CC)c1ccccc1. The van der Waals surface area contributed by atoms with Crippen molar-refractivity contribution in [2.24, 2.45) is 15.9 Å². The van der Waals surface area contributed by atoms with Crippen LogP contribution < -0.4 is 0 Å². The number of rotatable bonds is 12. The van der Waals surface area contributed by atoms with Crippen LogP contribution in [-0.2, 0) is 17.8 Å². The fourth-order valence-electron chi connectivity index (χ4n) is 4.11. The predicted octanol–water partition coefficient (Wildman–Crippen LogP) is 7.97. The Hall–Kier alpha value is -2.39. The maximum Gasteiger partial charge on any atom is 0.0719 e. The standard InChI is InChI=1S/C30H44N2O/c1-9-30(7,10-2)24(3)28(26-17-12-11-13-18-26)32(31-8)21-20-25-16-14-15-19-27(25)22-33-23-29(4,5)6/h11-19H,8-10,20-23H2,1-7H3/b28-24+. The first-order valence-corrected chi connectivity index (χ1v) is 12.3. The first-order chi connectivity index (χ1) is 15.6. The molecule has 180 valence electrons. The van der Waals surface area contributed by atoms with Crippen molar-refractivity contribution in [2.75, 3.05) is 13.2 Å². The van der Waals surface area contributed by atoms with Crippen molar-refractivity contribution in [2.45, 2.75) is 74.3 Å². The molecule has 0 N–H and O–H groups in total. The van der Waals surface area contributed by atoms with Crippen LogP contribution in [0.15, 0.2) is 65.3 Å². The molecule has 0 heterocycles. The minimum absolute atomic E-state index is 0.118. The van der Waals surface area contributed by atoms with E-state index < -0.39 is 0 Å². The van der Waals surface area contributed by atoms with E-state index in [1.807, 2.05) is 0 Å². The highest BCUT2D eigenvalue weighted by Gasteiger charge is 2.27. The molecule has 3 heteroatoms. The van der Waals surface area contributed by atoms with Crippen LogP contribution in [0.2, 0.25) is 0 Å². The number of hydrogen-bond donors (Lipinski definition) is 0. The van der Waals surface area contributed by atoms with Crippen molar-refractivity contribution in [3.63, 3.8) is 0 Å². The second-order valence-corrected chi connectivity index (χ2v) is 10.4. The van der Waals surface area contributed by atoms with Crippen molar-refractivity contribution in [3.05, 3.63) is 76.9 Å². The largest absolute Gasteiger partial charge is 0.376 e. The summed E-state index contributed by atoms with van der Waals surface area (Å²) in [6.45, 7) is 21.9. The summed E-state index contributed by atoms with van der Waals surface area (Å²) >= 11 is 0. The smallest absolute Gasteiger partial charge is 0.0719 e. The Bertz CT molecular complexity index is 904. The van der Waals surface area contributed by atoms with Crippen LogP contribution in [0.3, 0.4) is 0 Å². The molecule has 0 saturated heterocycles. The zero-order valence-corrected chi connectivity index (χ0v) is 21.9. The molecule has 0 atom stereocenters. The molecule has 0 aliphatic heterocycles. The van der Waals surface area contributed by atoms with Crippen molar-refractivity contribution in [1.82, 2.24) is 5.01 Å². The summed E-state index contributed by atoms with van der Waals surface area (Å²) in [7, 11) is 0. The first kappa shape index (κ1) is 26.9. The first-order valence-electron chi connectivity index (χ1n) is 12.3. The monoisotopic (exact) mass is 448 g/mol. The van der Waals surface area contributed by atoms with Gasteiger partial charge in [-0.2, -0.15) is 5.10 Å². The Morgan fingerprint density at radius 1 is 0.909 bits per heavy atom. The second kappa shape index (κ2) is 12.2. The van der Waals surface area contributed by atoms with Crippen LogP contribution in [0.25, 0.3) is 5.70 Å². The molecule has 0 aliphatic carbocycles. The molecule has 0 fully saturated rings. The summed E-state index contributed by atoms with van der Waals surface area (Å²) in [5.74, 6) is 0. The van der Waals surface area contributed by atoms with Gasteiger partial charge in [-0.25, -0.2) is 0 Å². The van der Waals surface area contributed by atoms with Crippen molar-refractivity contribution in [3.8, 4) is 0 Å². The molecule has 33 heavy (non-hydrogen) atoms. The van der Waals surface area contributed by atoms with Gasteiger partial charge in [0.2, 0.25) is 0 Å². The molecular weight excluding hydrogens is 404 g/mol. The summed E-state index contributed by atoms with van der Waals surface area (Å²) in [6, 6.07) is 19.2. The van der Waals surface area contributed by atoms with Gasteiger partial charge >= 0.3 is 0 Å². The van der Waals surface area contributed by atoms with Gasteiger partial charge in [-0.3, -0.25) is 5.01 Å². The Morgan fingerprint density at radius 3 is 2.03 bits per heavy atom. The lowest BCUT2D eigenvalue weighted by atomic mass is 9.76. The third-order valence-corrected chi connectivity index (χ3v) is 6.80. The summed E-state index contributed by atoms with van der Waals surface area (Å²) in [5.41, 5.74) is 6.57. The number of benzene rings is 2. The van der Waals surface area contributed by atoms with Crippen LogP contribution in [-0.4, -0.2) is 24.9 Å². The van der Waals surface area contributed by atoms with E-state index in [4.69, 9.17) is 4.74 Å². The summed E-state index contributed by atoms with van der Waals surface area (Å²) in [5, 5.41) is 6.60. The molecule has 0 saturated carbocycles. The number of nitrogens with zero attached hydrogens (tertiary/aromatic N) is 2. The minimum atomic E-state index is 0.118. The van der Waals surface area contributed by atoms with Gasteiger partial charge in [-0.15, -0.1) is 0 Å². The molecule has 2 aromatic carbocycles. The summed E-state index contributed by atoms with van der Waals surface area (Å²) in [6.07, 6.45) is 3.06. The lowest BCUT2D eigenvalue weighted by Crippen LogP contribution is -2.25. The van der Waals surface area contributed by atoms with Gasteiger partial charge in [0, 0.05) is 13.3 Å². The predicted molar refractivity (Wildman–Crippen MR) is 143 cm³/mol. The van der Waals surface area contributed by atoms with Crippen LogP contribution in [0, 0.1) is 10.8 Å². The van der Waals surface area contributed by atoms with Crippen LogP contribution >= 0.6 is 0 Å². The van der Waals surface area contributed by atoms with Gasteiger partial charge < -0.3 is 4.74 Å². The highest BCUT2D eigenvalue weighted by molar-refractivity contribution is 5.68. The molecule has 2 rings (SSSR count). The number of allylic oxidation sites excluding steroid dienone is 1. The zero-order valence-electron chi connectivity index (χ0n) is 21.9. The zero-order chi connectivity index (χ0) is 24.5. The Balaban J connectivity index is 2.32. The van der Waals surface area contributed by atoms with Gasteiger partial charge in [-0.05, 0) is 59.3 Å². The van der Waals surface area contributed by atoms with Gasteiger partial charge in [0.25, 0.3) is 0 Å². The van der Waals surface area contributed by atoms with Crippen molar-refractivity contribution < 1.29 is 4.74 Å². The Labute approximate surface area is 202 Å². The average molecular weight is 449 g/mol. The molecule has 2 aromatic rings. The van der Waals surface area contributed by atoms with Crippen LogP contribution in [0.4, 0.5) is 0 Å². The fraction of sp³-hybridized carbons (Fsp3) is 0.500. The van der Waals surface area contributed by atoms with Gasteiger partial charge in [-0.1, -0.05) is 96.1 Å². The minimum Gasteiger partial charge on any atom is -0.376 e. The fourth-order valence-corrected chi connectivity index (χ4v) is 4.11. The summed E-state index contributed by atoms with van der Waals surface area (Å²) in [4.78, 5) is 0. The quantitative estimate of drug-likeness (QED) is 0.243. The van der Waals surface area contributed by atoms with E-state index in [2.05, 4.69) is 120 Å². The van der Waals surface area contributed by atoms with E-state index in [0.29, 0.717) is 6.61 Å². The van der Waals surface area contributed by atoms with E-state index >= 15 is 0 Å². The molecule has 0 amide bonds. The lowest BCUT2D eigenvalue weighted by molar-refractivity contribution is 0.0595. The number of ether oxygens (including phenoxy) is 1. The van der Waals surface area contributed by atoms with E-state index in [1.54, 1.807) is 0 Å². The molecule has 0 spiro atoms. The topological polar surface area (TPSA) is 24.8 Å². The molecule has 0 unspecified atom stereocenters. The molecular formula is C30H44N2O. The number of hydrazone groups is 1. The summed E-state index contributed by atoms with van der Waals surface area (Å²) < 4.78 is 6.03. The molecule has 0 bridgehead atoms. The van der Waals surface area contributed by atoms with Gasteiger partial charge in [0.05, 0.1) is 18.9 Å². The Morgan fingerprint density at radius 2 is 1.48 bits per heavy atom. The normalized spacial score (nSPS) is 12.9. The van der Waals surface area contributed by atoms with Gasteiger partial charge in [0.1, 0.15) is 0 Å². The van der Waals surface area contributed by atoms with Crippen LogP contribution in [0.5, 0.6) is 0 Å². The molecule has 0 radical (unpaired) electrons. The maximum absolute atomic E-state index is 6.03. The Kier molecular flexibility index (Phi) is 9.91. The van der Waals surface area contributed by atoms with Crippen LogP contribution in [0.1, 0.15) is 78.0 Å². The van der Waals surface area contributed by atoms with E-state index in [0.717, 1.165) is 32.4 Å². The van der Waals surface area contributed by atoms with Crippen molar-refractivity contribution in [1.29, 1.82) is 0 Å². The molecule has 0 aromatic heterocycles. The third-order valence-electron chi connectivity index (χ3n) is 6.80.